The standard InChI is InChI=1S/C33H58O7/c1-24(5-10-31(34)35)28-8-9-29-27-7-6-25-23-26(11-13-32(25,2)30(27)12-14-33(28,29)3)40-22-21-39-20-19-38-18-17-37-16-15-36-4/h24-30H,5-23H2,1-4H3,(H,34,35)/t24-,25-,26+,27+,28-,29+,30+,32+,33-/m1/s1. The Morgan fingerprint density at radius 2 is 1.43 bits per heavy atom. The summed E-state index contributed by atoms with van der Waals surface area (Å²) in [7, 11) is 1.67. The molecular weight excluding hydrogens is 508 g/mol. The second kappa shape index (κ2) is 15.1. The Hall–Kier alpha value is -0.730. The maximum absolute atomic E-state index is 11.2. The number of hydrogen-bond donors (Lipinski definition) is 1. The molecule has 4 fully saturated rings. The van der Waals surface area contributed by atoms with Crippen molar-refractivity contribution in [3.05, 3.63) is 0 Å². The van der Waals surface area contributed by atoms with Crippen LogP contribution in [0.2, 0.25) is 0 Å². The molecule has 0 amide bonds. The van der Waals surface area contributed by atoms with Gasteiger partial charge in [-0.25, -0.2) is 0 Å². The number of carbonyl (C=O) groups is 1. The predicted molar refractivity (Wildman–Crippen MR) is 155 cm³/mol. The molecule has 4 saturated carbocycles. The van der Waals surface area contributed by atoms with Gasteiger partial charge in [0, 0.05) is 13.5 Å². The molecule has 9 atom stereocenters. The van der Waals surface area contributed by atoms with Crippen molar-refractivity contribution in [1.82, 2.24) is 0 Å². The summed E-state index contributed by atoms with van der Waals surface area (Å²) in [5, 5.41) is 9.22. The highest BCUT2D eigenvalue weighted by Gasteiger charge is 2.60. The second-order valence-electron chi connectivity index (χ2n) is 13.9. The van der Waals surface area contributed by atoms with Crippen LogP contribution in [0.25, 0.3) is 0 Å². The van der Waals surface area contributed by atoms with Gasteiger partial charge in [0.05, 0.1) is 59.0 Å². The molecule has 7 nitrogen and oxygen atoms in total. The van der Waals surface area contributed by atoms with E-state index in [4.69, 9.17) is 23.7 Å². The zero-order valence-electron chi connectivity index (χ0n) is 25.9. The number of methoxy groups -OCH3 is 1. The number of ether oxygens (including phenoxy) is 5. The lowest BCUT2D eigenvalue weighted by molar-refractivity contribution is -0.140. The van der Waals surface area contributed by atoms with Gasteiger partial charge in [0.2, 0.25) is 0 Å². The first-order valence-corrected chi connectivity index (χ1v) is 16.3. The van der Waals surface area contributed by atoms with E-state index in [-0.39, 0.29) is 0 Å². The van der Waals surface area contributed by atoms with Gasteiger partial charge in [0.1, 0.15) is 0 Å². The summed E-state index contributed by atoms with van der Waals surface area (Å²) in [6.45, 7) is 12.4. The van der Waals surface area contributed by atoms with Crippen LogP contribution in [0.4, 0.5) is 0 Å². The van der Waals surface area contributed by atoms with Crippen molar-refractivity contribution >= 4 is 5.97 Å². The number of carboxylic acids is 1. The summed E-state index contributed by atoms with van der Waals surface area (Å²) in [4.78, 5) is 11.2. The molecule has 7 heteroatoms. The third-order valence-corrected chi connectivity index (χ3v) is 11.9. The molecule has 40 heavy (non-hydrogen) atoms. The minimum Gasteiger partial charge on any atom is -0.481 e. The van der Waals surface area contributed by atoms with Crippen LogP contribution in [0.1, 0.15) is 91.4 Å². The molecule has 0 spiro atoms. The van der Waals surface area contributed by atoms with Crippen LogP contribution in [0.15, 0.2) is 0 Å². The van der Waals surface area contributed by atoms with Crippen molar-refractivity contribution in [2.45, 2.75) is 97.5 Å². The van der Waals surface area contributed by atoms with E-state index in [2.05, 4.69) is 20.8 Å². The predicted octanol–water partition coefficient (Wildman–Crippen LogP) is 6.23. The Morgan fingerprint density at radius 3 is 2.10 bits per heavy atom. The van der Waals surface area contributed by atoms with Crippen molar-refractivity contribution in [2.75, 3.05) is 60.0 Å². The van der Waals surface area contributed by atoms with Gasteiger partial charge in [-0.15, -0.1) is 0 Å². The lowest BCUT2D eigenvalue weighted by atomic mass is 9.44. The molecule has 0 unspecified atom stereocenters. The molecule has 4 aliphatic rings. The summed E-state index contributed by atoms with van der Waals surface area (Å²) in [6.07, 6.45) is 13.3. The first kappa shape index (κ1) is 32.2. The van der Waals surface area contributed by atoms with Crippen LogP contribution in [0, 0.1) is 46.3 Å². The molecular formula is C33H58O7. The lowest BCUT2D eigenvalue weighted by Crippen LogP contribution is -2.54. The molecule has 0 aliphatic heterocycles. The van der Waals surface area contributed by atoms with E-state index in [0.717, 1.165) is 30.1 Å². The highest BCUT2D eigenvalue weighted by Crippen LogP contribution is 2.68. The van der Waals surface area contributed by atoms with Crippen LogP contribution in [0.3, 0.4) is 0 Å². The molecule has 0 aromatic carbocycles. The number of aliphatic carboxylic acids is 1. The highest BCUT2D eigenvalue weighted by molar-refractivity contribution is 5.66. The van der Waals surface area contributed by atoms with E-state index >= 15 is 0 Å². The summed E-state index contributed by atoms with van der Waals surface area (Å²) in [5.41, 5.74) is 0.865. The topological polar surface area (TPSA) is 83.5 Å². The first-order chi connectivity index (χ1) is 19.3. The van der Waals surface area contributed by atoms with Crippen molar-refractivity contribution in [1.29, 1.82) is 0 Å². The first-order valence-electron chi connectivity index (χ1n) is 16.3. The van der Waals surface area contributed by atoms with Crippen LogP contribution in [0.5, 0.6) is 0 Å². The highest BCUT2D eigenvalue weighted by atomic mass is 16.6. The molecule has 232 valence electrons. The Labute approximate surface area is 243 Å². The van der Waals surface area contributed by atoms with E-state index in [9.17, 15) is 9.90 Å². The van der Waals surface area contributed by atoms with E-state index in [1.807, 2.05) is 0 Å². The third-order valence-electron chi connectivity index (χ3n) is 11.9. The largest absolute Gasteiger partial charge is 0.481 e. The molecule has 0 aromatic heterocycles. The van der Waals surface area contributed by atoms with E-state index < -0.39 is 5.97 Å². The van der Waals surface area contributed by atoms with E-state index in [0.29, 0.717) is 88.0 Å². The minimum atomic E-state index is -0.644. The molecule has 4 rings (SSSR count). The zero-order chi connectivity index (χ0) is 28.6. The van der Waals surface area contributed by atoms with Gasteiger partial charge in [-0.05, 0) is 111 Å². The van der Waals surface area contributed by atoms with Gasteiger partial charge >= 0.3 is 5.97 Å². The fourth-order valence-corrected chi connectivity index (χ4v) is 9.86. The molecule has 4 aliphatic carbocycles. The van der Waals surface area contributed by atoms with E-state index in [1.165, 1.54) is 57.8 Å². The SMILES string of the molecule is COCCOCCOCCOCCO[C@H]1CC[C@@]2(C)[C@H](CC[C@@H]3[C@@H]2CC[C@]2(C)[C@@H]([C@H](C)CCC(=O)O)CC[C@@H]32)C1. The Morgan fingerprint density at radius 1 is 0.800 bits per heavy atom. The van der Waals surface area contributed by atoms with Gasteiger partial charge in [-0.2, -0.15) is 0 Å². The van der Waals surface area contributed by atoms with Crippen LogP contribution >= 0.6 is 0 Å². The van der Waals surface area contributed by atoms with Crippen molar-refractivity contribution < 1.29 is 33.6 Å². The molecule has 0 bridgehead atoms. The average molecular weight is 567 g/mol. The van der Waals surface area contributed by atoms with Gasteiger partial charge in [-0.3, -0.25) is 4.79 Å². The lowest BCUT2D eigenvalue weighted by Gasteiger charge is -2.61. The number of fused-ring (bicyclic) bond motifs is 5. The molecule has 0 aromatic rings. The Bertz CT molecular complexity index is 776. The van der Waals surface area contributed by atoms with Crippen molar-refractivity contribution in [2.24, 2.45) is 46.3 Å². The van der Waals surface area contributed by atoms with Crippen molar-refractivity contribution in [3.8, 4) is 0 Å². The molecule has 0 saturated heterocycles. The quantitative estimate of drug-likeness (QED) is 0.209. The van der Waals surface area contributed by atoms with Gasteiger partial charge in [-0.1, -0.05) is 20.8 Å². The fourth-order valence-electron chi connectivity index (χ4n) is 9.86. The maximum Gasteiger partial charge on any atom is 0.303 e. The minimum absolute atomic E-state index is 0.319. The summed E-state index contributed by atoms with van der Waals surface area (Å²) >= 11 is 0. The van der Waals surface area contributed by atoms with Gasteiger partial charge in [0.25, 0.3) is 0 Å². The zero-order valence-corrected chi connectivity index (χ0v) is 25.9. The summed E-state index contributed by atoms with van der Waals surface area (Å²) in [6, 6.07) is 0. The smallest absolute Gasteiger partial charge is 0.303 e. The van der Waals surface area contributed by atoms with Crippen LogP contribution in [-0.4, -0.2) is 77.1 Å². The Balaban J connectivity index is 1.16. The van der Waals surface area contributed by atoms with Crippen LogP contribution < -0.4 is 0 Å². The number of rotatable bonds is 17. The Kier molecular flexibility index (Phi) is 12.2. The van der Waals surface area contributed by atoms with Crippen molar-refractivity contribution in [3.63, 3.8) is 0 Å². The monoisotopic (exact) mass is 566 g/mol. The van der Waals surface area contributed by atoms with Crippen LogP contribution in [-0.2, 0) is 28.5 Å². The van der Waals surface area contributed by atoms with Gasteiger partial charge in [0.15, 0.2) is 0 Å². The fraction of sp³-hybridized carbons (Fsp3) is 0.970. The number of hydrogen-bond acceptors (Lipinski definition) is 6. The van der Waals surface area contributed by atoms with Gasteiger partial charge < -0.3 is 28.8 Å². The molecule has 0 radical (unpaired) electrons. The van der Waals surface area contributed by atoms with E-state index in [1.54, 1.807) is 7.11 Å². The maximum atomic E-state index is 11.2. The molecule has 0 heterocycles. The third kappa shape index (κ3) is 7.61. The number of carboxylic acid groups (broad SMARTS) is 1. The average Bonchev–Trinajstić information content (AvgIpc) is 3.29. The summed E-state index contributed by atoms with van der Waals surface area (Å²) in [5.74, 6) is 3.90. The second-order valence-corrected chi connectivity index (χ2v) is 13.9. The summed E-state index contributed by atoms with van der Waals surface area (Å²) < 4.78 is 27.9. The normalized spacial score (nSPS) is 37.9. The molecule has 1 N–H and O–H groups in total.